The lowest BCUT2D eigenvalue weighted by Gasteiger charge is -2.08. The molecule has 0 fully saturated rings. The zero-order chi connectivity index (χ0) is 14.5. The van der Waals surface area contributed by atoms with Gasteiger partial charge in [0.15, 0.2) is 0 Å². The molecule has 3 heteroatoms. The molecule has 0 heterocycles. The molecule has 0 spiro atoms. The van der Waals surface area contributed by atoms with Crippen LogP contribution in [0.4, 0.5) is 0 Å². The van der Waals surface area contributed by atoms with Crippen LogP contribution in [0.15, 0.2) is 76.5 Å². The molecule has 3 aromatic carbocycles. The summed E-state index contributed by atoms with van der Waals surface area (Å²) in [5, 5.41) is 12.0. The molecule has 0 saturated heterocycles. The maximum absolute atomic E-state index is 9.90. The first kappa shape index (κ1) is 14.4. The minimum atomic E-state index is 0.355. The second-order valence-electron chi connectivity index (χ2n) is 4.64. The SMILES string of the molecule is Oc1ccc(SCCSc2ccccc2)c2ccccc12. The quantitative estimate of drug-likeness (QED) is 0.501. The molecule has 0 aliphatic heterocycles. The Morgan fingerprint density at radius 3 is 2.14 bits per heavy atom. The van der Waals surface area contributed by atoms with Gasteiger partial charge in [-0.2, -0.15) is 0 Å². The third-order valence-electron chi connectivity index (χ3n) is 3.21. The van der Waals surface area contributed by atoms with Gasteiger partial charge in [-0.25, -0.2) is 0 Å². The van der Waals surface area contributed by atoms with Gasteiger partial charge in [0, 0.05) is 26.7 Å². The molecule has 21 heavy (non-hydrogen) atoms. The van der Waals surface area contributed by atoms with Crippen LogP contribution in [-0.4, -0.2) is 16.6 Å². The molecule has 0 atom stereocenters. The van der Waals surface area contributed by atoms with Crippen LogP contribution >= 0.6 is 23.5 Å². The second-order valence-corrected chi connectivity index (χ2v) is 6.94. The lowest BCUT2D eigenvalue weighted by molar-refractivity contribution is 0.481. The van der Waals surface area contributed by atoms with Crippen LogP contribution in [0.25, 0.3) is 10.8 Å². The third kappa shape index (κ3) is 3.55. The van der Waals surface area contributed by atoms with E-state index in [9.17, 15) is 5.11 Å². The van der Waals surface area contributed by atoms with Crippen molar-refractivity contribution < 1.29 is 5.11 Å². The highest BCUT2D eigenvalue weighted by Crippen LogP contribution is 2.33. The van der Waals surface area contributed by atoms with E-state index in [0.717, 1.165) is 22.3 Å². The lowest BCUT2D eigenvalue weighted by Crippen LogP contribution is -1.85. The molecule has 1 nitrogen and oxygen atoms in total. The van der Waals surface area contributed by atoms with Gasteiger partial charge in [-0.15, -0.1) is 23.5 Å². The summed E-state index contributed by atoms with van der Waals surface area (Å²) in [7, 11) is 0. The Kier molecular flexibility index (Phi) is 4.73. The van der Waals surface area contributed by atoms with Crippen molar-refractivity contribution in [1.82, 2.24) is 0 Å². The molecule has 0 aliphatic rings. The van der Waals surface area contributed by atoms with Crippen molar-refractivity contribution in [3.05, 3.63) is 66.7 Å². The maximum atomic E-state index is 9.90. The predicted molar refractivity (Wildman–Crippen MR) is 93.5 cm³/mol. The van der Waals surface area contributed by atoms with Crippen molar-refractivity contribution in [2.45, 2.75) is 9.79 Å². The van der Waals surface area contributed by atoms with E-state index < -0.39 is 0 Å². The number of hydrogen-bond acceptors (Lipinski definition) is 3. The number of phenolic OH excluding ortho intramolecular Hbond substituents is 1. The van der Waals surface area contributed by atoms with E-state index in [1.807, 2.05) is 53.9 Å². The van der Waals surface area contributed by atoms with Crippen molar-refractivity contribution in [2.24, 2.45) is 0 Å². The van der Waals surface area contributed by atoms with E-state index >= 15 is 0 Å². The summed E-state index contributed by atoms with van der Waals surface area (Å²) in [5.41, 5.74) is 0. The van der Waals surface area contributed by atoms with Gasteiger partial charge in [0.1, 0.15) is 5.75 Å². The fourth-order valence-electron chi connectivity index (χ4n) is 2.21. The molecular formula is C18H16OS2. The minimum absolute atomic E-state index is 0.355. The summed E-state index contributed by atoms with van der Waals surface area (Å²) in [6.07, 6.45) is 0. The molecular weight excluding hydrogens is 296 g/mol. The molecule has 3 aromatic rings. The average Bonchev–Trinajstić information content (AvgIpc) is 2.55. The average molecular weight is 312 g/mol. The van der Waals surface area contributed by atoms with Crippen LogP contribution in [0.3, 0.4) is 0 Å². The molecule has 0 bridgehead atoms. The van der Waals surface area contributed by atoms with E-state index in [0.29, 0.717) is 5.75 Å². The summed E-state index contributed by atoms with van der Waals surface area (Å²) in [5.74, 6) is 2.48. The highest BCUT2D eigenvalue weighted by atomic mass is 32.2. The number of benzene rings is 3. The van der Waals surface area contributed by atoms with Gasteiger partial charge in [-0.05, 0) is 29.7 Å². The standard InChI is InChI=1S/C18H16OS2/c19-17-10-11-18(16-9-5-4-8-15(16)17)21-13-12-20-14-6-2-1-3-7-14/h1-11,19H,12-13H2. The van der Waals surface area contributed by atoms with Crippen molar-refractivity contribution in [3.63, 3.8) is 0 Å². The smallest absolute Gasteiger partial charge is 0.123 e. The fourth-order valence-corrected chi connectivity index (χ4v) is 4.18. The van der Waals surface area contributed by atoms with Crippen LogP contribution in [0.2, 0.25) is 0 Å². The molecule has 0 unspecified atom stereocenters. The summed E-state index contributed by atoms with van der Waals surface area (Å²) in [6.45, 7) is 0. The topological polar surface area (TPSA) is 20.2 Å². The van der Waals surface area contributed by atoms with E-state index in [1.54, 1.807) is 6.07 Å². The minimum Gasteiger partial charge on any atom is -0.507 e. The summed E-state index contributed by atoms with van der Waals surface area (Å²) < 4.78 is 0. The predicted octanol–water partition coefficient (Wildman–Crippen LogP) is 5.43. The largest absolute Gasteiger partial charge is 0.507 e. The maximum Gasteiger partial charge on any atom is 0.123 e. The van der Waals surface area contributed by atoms with E-state index in [2.05, 4.69) is 30.3 Å². The number of rotatable bonds is 5. The van der Waals surface area contributed by atoms with Crippen molar-refractivity contribution in [2.75, 3.05) is 11.5 Å². The first-order valence-electron chi connectivity index (χ1n) is 6.86. The van der Waals surface area contributed by atoms with E-state index in [4.69, 9.17) is 0 Å². The number of phenols is 1. The number of aromatic hydroxyl groups is 1. The van der Waals surface area contributed by atoms with Gasteiger partial charge in [0.2, 0.25) is 0 Å². The highest BCUT2D eigenvalue weighted by Gasteiger charge is 2.05. The Morgan fingerprint density at radius 1 is 0.667 bits per heavy atom. The van der Waals surface area contributed by atoms with Crippen LogP contribution in [-0.2, 0) is 0 Å². The molecule has 1 N–H and O–H groups in total. The van der Waals surface area contributed by atoms with Gasteiger partial charge in [-0.1, -0.05) is 42.5 Å². The Balaban J connectivity index is 1.65. The molecule has 0 aliphatic carbocycles. The summed E-state index contributed by atoms with van der Waals surface area (Å²) in [6, 6.07) is 22.3. The van der Waals surface area contributed by atoms with Crippen molar-refractivity contribution in [3.8, 4) is 5.75 Å². The normalized spacial score (nSPS) is 10.9. The second kappa shape index (κ2) is 6.92. The van der Waals surface area contributed by atoms with E-state index in [-0.39, 0.29) is 0 Å². The van der Waals surface area contributed by atoms with E-state index in [1.165, 1.54) is 9.79 Å². The van der Waals surface area contributed by atoms with Crippen LogP contribution in [0, 0.1) is 0 Å². The number of thioether (sulfide) groups is 2. The zero-order valence-electron chi connectivity index (χ0n) is 11.5. The monoisotopic (exact) mass is 312 g/mol. The first-order valence-corrected chi connectivity index (χ1v) is 8.83. The Labute approximate surface area is 133 Å². The first-order chi connectivity index (χ1) is 10.3. The summed E-state index contributed by atoms with van der Waals surface area (Å²) >= 11 is 3.72. The number of fused-ring (bicyclic) bond motifs is 1. The third-order valence-corrected chi connectivity index (χ3v) is 5.56. The summed E-state index contributed by atoms with van der Waals surface area (Å²) in [4.78, 5) is 2.55. The highest BCUT2D eigenvalue weighted by molar-refractivity contribution is 8.03. The van der Waals surface area contributed by atoms with Crippen molar-refractivity contribution >= 4 is 34.3 Å². The fraction of sp³-hybridized carbons (Fsp3) is 0.111. The van der Waals surface area contributed by atoms with Crippen LogP contribution in [0.1, 0.15) is 0 Å². The molecule has 0 amide bonds. The van der Waals surface area contributed by atoms with Crippen LogP contribution < -0.4 is 0 Å². The number of hydrogen-bond donors (Lipinski definition) is 1. The molecule has 3 rings (SSSR count). The van der Waals surface area contributed by atoms with Gasteiger partial charge >= 0.3 is 0 Å². The van der Waals surface area contributed by atoms with Crippen LogP contribution in [0.5, 0.6) is 5.75 Å². The van der Waals surface area contributed by atoms with Gasteiger partial charge < -0.3 is 5.11 Å². The molecule has 0 aromatic heterocycles. The van der Waals surface area contributed by atoms with Gasteiger partial charge in [-0.3, -0.25) is 0 Å². The Hall–Kier alpha value is -1.58. The molecule has 106 valence electrons. The Bertz CT molecular complexity index is 726. The Morgan fingerprint density at radius 2 is 1.33 bits per heavy atom. The zero-order valence-corrected chi connectivity index (χ0v) is 13.2. The van der Waals surface area contributed by atoms with Gasteiger partial charge in [0.25, 0.3) is 0 Å². The lowest BCUT2D eigenvalue weighted by atomic mass is 10.1. The van der Waals surface area contributed by atoms with Gasteiger partial charge in [0.05, 0.1) is 0 Å². The molecule has 0 radical (unpaired) electrons. The van der Waals surface area contributed by atoms with Crippen molar-refractivity contribution in [1.29, 1.82) is 0 Å². The molecule has 0 saturated carbocycles.